The number of nitrogen functional groups attached to an aromatic ring is 1. The average molecular weight is 258 g/mol. The predicted octanol–water partition coefficient (Wildman–Crippen LogP) is -2.32. The topological polar surface area (TPSA) is 158 Å². The van der Waals surface area contributed by atoms with E-state index in [1.165, 1.54) is 0 Å². The number of aromatic nitrogens is 4. The summed E-state index contributed by atoms with van der Waals surface area (Å²) in [6.45, 7) is -0.642. The van der Waals surface area contributed by atoms with Gasteiger partial charge in [0.15, 0.2) is 11.2 Å². The van der Waals surface area contributed by atoms with E-state index in [1.807, 2.05) is 0 Å². The molecule has 9 heteroatoms. The summed E-state index contributed by atoms with van der Waals surface area (Å²) in [5, 5.41) is 27.6. The van der Waals surface area contributed by atoms with E-state index in [0.29, 0.717) is 0 Å². The van der Waals surface area contributed by atoms with Crippen molar-refractivity contribution in [2.45, 2.75) is 12.2 Å². The fraction of sp³-hybridized carbons (Fsp3) is 0.333. The Morgan fingerprint density at radius 3 is 2.78 bits per heavy atom. The first kappa shape index (κ1) is 12.4. The molecule has 0 aliphatic carbocycles. The molecule has 2 heterocycles. The Morgan fingerprint density at radius 1 is 1.39 bits per heavy atom. The Balaban J connectivity index is 2.54. The zero-order chi connectivity index (χ0) is 13.3. The van der Waals surface area contributed by atoms with Crippen molar-refractivity contribution in [2.75, 3.05) is 12.3 Å². The normalized spacial score (nSPS) is 14.6. The van der Waals surface area contributed by atoms with E-state index < -0.39 is 24.4 Å². The van der Waals surface area contributed by atoms with Crippen molar-refractivity contribution >= 4 is 17.1 Å². The molecular formula is C9H11N5O4. The van der Waals surface area contributed by atoms with Crippen LogP contribution >= 0.6 is 0 Å². The predicted molar refractivity (Wildman–Crippen MR) is 60.4 cm³/mol. The lowest BCUT2D eigenvalue weighted by Gasteiger charge is -2.14. The molecule has 0 fully saturated rings. The van der Waals surface area contributed by atoms with Crippen molar-refractivity contribution in [1.29, 1.82) is 0 Å². The van der Waals surface area contributed by atoms with Crippen LogP contribution in [-0.2, 0) is 0 Å². The summed E-state index contributed by atoms with van der Waals surface area (Å²) in [5.41, 5.74) is 4.62. The van der Waals surface area contributed by atoms with Gasteiger partial charge in [-0.2, -0.15) is 4.98 Å². The standard InChI is InChI=1S/C9H11N5O4/c10-9-13-7-5(8(18)14-9)12-3(1-11-7)6(17)4(16)2-15/h1,4,6,15-17H,2H2,(H3,10,11,13,14,18)/t4-,6+/m1/s1/i1+1,2+1,3+1,4+1,6+1. The third-order valence-corrected chi connectivity index (χ3v) is 2.31. The van der Waals surface area contributed by atoms with Crippen LogP contribution in [-0.4, -0.2) is 48.0 Å². The fourth-order valence-electron chi connectivity index (χ4n) is 1.39. The summed E-state index contributed by atoms with van der Waals surface area (Å²) in [7, 11) is 0. The second kappa shape index (κ2) is 4.64. The quantitative estimate of drug-likeness (QED) is 0.384. The largest absolute Gasteiger partial charge is 0.394 e. The molecule has 0 saturated heterocycles. The zero-order valence-electron chi connectivity index (χ0n) is 9.11. The van der Waals surface area contributed by atoms with Gasteiger partial charge in [-0.15, -0.1) is 0 Å². The van der Waals surface area contributed by atoms with E-state index in [9.17, 15) is 15.0 Å². The molecule has 0 saturated carbocycles. The number of nitrogens with zero attached hydrogens (tertiary/aromatic N) is 3. The SMILES string of the molecule is Nc1nc2n[13cH][13c]([13C@H](O)[13C@H](O)[13CH2]O)nc2c(=O)[nH]1. The molecule has 9 nitrogen and oxygen atoms in total. The second-order valence-electron chi connectivity index (χ2n) is 3.61. The first-order valence-electron chi connectivity index (χ1n) is 5.02. The maximum atomic E-state index is 11.5. The van der Waals surface area contributed by atoms with Crippen LogP contribution in [0.2, 0.25) is 0 Å². The minimum atomic E-state index is -1.44. The number of H-pyrrole nitrogens is 1. The van der Waals surface area contributed by atoms with Gasteiger partial charge in [0.1, 0.15) is 12.2 Å². The van der Waals surface area contributed by atoms with Gasteiger partial charge in [-0.05, 0) is 0 Å². The monoisotopic (exact) mass is 258 g/mol. The lowest BCUT2D eigenvalue weighted by Crippen LogP contribution is -2.24. The average Bonchev–Trinajstić information content (AvgIpc) is 2.36. The third-order valence-electron chi connectivity index (χ3n) is 2.31. The molecule has 6 N–H and O–H groups in total. The number of nitrogens with one attached hydrogen (secondary N) is 1. The fourth-order valence-corrected chi connectivity index (χ4v) is 1.39. The highest BCUT2D eigenvalue weighted by atomic mass is 16.5. The molecule has 0 aromatic carbocycles. The summed E-state index contributed by atoms with van der Waals surface area (Å²) in [6.07, 6.45) is -1.70. The van der Waals surface area contributed by atoms with Gasteiger partial charge < -0.3 is 21.1 Å². The zero-order valence-corrected chi connectivity index (χ0v) is 9.11. The van der Waals surface area contributed by atoms with Crippen LogP contribution in [0.5, 0.6) is 0 Å². The number of hydrogen-bond donors (Lipinski definition) is 5. The lowest BCUT2D eigenvalue weighted by molar-refractivity contribution is -0.0173. The van der Waals surface area contributed by atoms with Crippen LogP contribution in [0.1, 0.15) is 11.8 Å². The Kier molecular flexibility index (Phi) is 3.19. The number of aromatic amines is 1. The molecular weight excluding hydrogens is 247 g/mol. The minimum Gasteiger partial charge on any atom is -0.394 e. The minimum absolute atomic E-state index is 0.0330. The summed E-state index contributed by atoms with van der Waals surface area (Å²) < 4.78 is 0. The van der Waals surface area contributed by atoms with Gasteiger partial charge in [0.25, 0.3) is 5.56 Å². The molecule has 0 spiro atoms. The maximum Gasteiger partial charge on any atom is 0.280 e. The van der Waals surface area contributed by atoms with Gasteiger partial charge in [-0.1, -0.05) is 0 Å². The molecule has 0 aliphatic heterocycles. The summed E-state index contributed by atoms with van der Waals surface area (Å²) >= 11 is 0. The van der Waals surface area contributed by atoms with Crippen molar-refractivity contribution in [3.63, 3.8) is 0 Å². The number of nitrogens with two attached hydrogens (primary N) is 1. The number of hydrogen-bond acceptors (Lipinski definition) is 8. The molecule has 2 atom stereocenters. The highest BCUT2D eigenvalue weighted by molar-refractivity contribution is 5.69. The molecule has 0 amide bonds. The number of anilines is 1. The first-order valence-corrected chi connectivity index (χ1v) is 5.02. The summed E-state index contributed by atoms with van der Waals surface area (Å²) in [4.78, 5) is 25.2. The summed E-state index contributed by atoms with van der Waals surface area (Å²) in [6, 6.07) is 0. The number of fused-ring (bicyclic) bond motifs is 1. The molecule has 2 aromatic heterocycles. The van der Waals surface area contributed by atoms with Crippen LogP contribution in [0, 0.1) is 0 Å². The smallest absolute Gasteiger partial charge is 0.280 e. The van der Waals surface area contributed by atoms with E-state index in [2.05, 4.69) is 19.9 Å². The first-order chi connectivity index (χ1) is 8.52. The molecule has 0 bridgehead atoms. The lowest BCUT2D eigenvalue weighted by atomic mass is 10.5. The van der Waals surface area contributed by atoms with Gasteiger partial charge in [0.05, 0.1) is 18.5 Å². The third kappa shape index (κ3) is 2.14. The van der Waals surface area contributed by atoms with Crippen LogP contribution in [0.25, 0.3) is 11.2 Å². The van der Waals surface area contributed by atoms with Crippen LogP contribution in [0.15, 0.2) is 11.0 Å². The number of rotatable bonds is 3. The van der Waals surface area contributed by atoms with E-state index >= 15 is 0 Å². The molecule has 96 valence electrons. The van der Waals surface area contributed by atoms with Crippen LogP contribution in [0.3, 0.4) is 0 Å². The van der Waals surface area contributed by atoms with Crippen molar-refractivity contribution in [2.24, 2.45) is 0 Å². The van der Waals surface area contributed by atoms with Crippen LogP contribution < -0.4 is 11.3 Å². The molecule has 18 heavy (non-hydrogen) atoms. The van der Waals surface area contributed by atoms with E-state index in [0.717, 1.165) is 6.20 Å². The summed E-state index contributed by atoms with van der Waals surface area (Å²) in [5.74, 6) is -0.0921. The Bertz CT molecular complexity index is 628. The van der Waals surface area contributed by atoms with Gasteiger partial charge in [0.2, 0.25) is 5.95 Å². The van der Waals surface area contributed by atoms with Gasteiger partial charge >= 0.3 is 0 Å². The maximum absolute atomic E-state index is 11.5. The van der Waals surface area contributed by atoms with E-state index in [4.69, 9.17) is 10.8 Å². The highest BCUT2D eigenvalue weighted by Gasteiger charge is 2.20. The second-order valence-corrected chi connectivity index (χ2v) is 3.61. The van der Waals surface area contributed by atoms with E-state index in [-0.39, 0.29) is 22.8 Å². The van der Waals surface area contributed by atoms with Gasteiger partial charge in [0, 0.05) is 0 Å². The Labute approximate surface area is 100.0 Å². The number of aliphatic hydroxyl groups excluding tert-OH is 3. The molecule has 0 aliphatic rings. The van der Waals surface area contributed by atoms with Crippen LogP contribution in [0.4, 0.5) is 5.95 Å². The van der Waals surface area contributed by atoms with Crippen molar-refractivity contribution in [1.82, 2.24) is 19.9 Å². The van der Waals surface area contributed by atoms with Crippen molar-refractivity contribution in [3.05, 3.63) is 22.2 Å². The molecule has 0 radical (unpaired) electrons. The van der Waals surface area contributed by atoms with Gasteiger partial charge in [-0.25, -0.2) is 9.97 Å². The van der Waals surface area contributed by atoms with E-state index in [1.54, 1.807) is 0 Å². The van der Waals surface area contributed by atoms with Crippen molar-refractivity contribution < 1.29 is 15.3 Å². The highest BCUT2D eigenvalue weighted by Crippen LogP contribution is 2.14. The Hall–Kier alpha value is -2.10. The van der Waals surface area contributed by atoms with Crippen molar-refractivity contribution in [3.8, 4) is 0 Å². The molecule has 2 aromatic rings. The van der Waals surface area contributed by atoms with Gasteiger partial charge in [-0.3, -0.25) is 9.78 Å². The Morgan fingerprint density at radius 2 is 2.11 bits per heavy atom. The number of aliphatic hydroxyl groups is 3. The molecule has 0 unspecified atom stereocenters. The molecule has 2 rings (SSSR count).